The number of aromatic amines is 1. The van der Waals surface area contributed by atoms with E-state index in [1.165, 1.54) is 4.68 Å². The van der Waals surface area contributed by atoms with E-state index >= 15 is 0 Å². The molecule has 124 valence electrons. The summed E-state index contributed by atoms with van der Waals surface area (Å²) in [6.45, 7) is 3.75. The Kier molecular flexibility index (Phi) is 3.53. The third-order valence-corrected chi connectivity index (χ3v) is 3.90. The molecule has 0 fully saturated rings. The Morgan fingerprint density at radius 3 is 2.28 bits per heavy atom. The average molecular weight is 332 g/mol. The van der Waals surface area contributed by atoms with E-state index in [9.17, 15) is 4.79 Å². The van der Waals surface area contributed by atoms with Crippen molar-refractivity contribution in [2.24, 2.45) is 0 Å². The number of hydrogen-bond acceptors (Lipinski definition) is 4. The van der Waals surface area contributed by atoms with Gasteiger partial charge in [-0.25, -0.2) is 19.3 Å². The highest BCUT2D eigenvalue weighted by atomic mass is 16.1. The minimum Gasteiger partial charge on any atom is -0.293 e. The maximum atomic E-state index is 13.0. The molecule has 0 bridgehead atoms. The fourth-order valence-corrected chi connectivity index (χ4v) is 2.83. The van der Waals surface area contributed by atoms with Gasteiger partial charge in [0, 0.05) is 18.1 Å². The lowest BCUT2D eigenvalue weighted by atomic mass is 10.2. The normalized spacial score (nSPS) is 11.0. The standard InChI is InChI=1S/C18H16N6O/c1-12-11-14(23(21-12)15-7-3-5-9-19-15)17-13(2)22-24(18(17)25)16-8-4-6-10-20-16/h3-11,22H,1-2H3. The van der Waals surface area contributed by atoms with Crippen LogP contribution in [0.1, 0.15) is 11.4 Å². The summed E-state index contributed by atoms with van der Waals surface area (Å²) in [6.07, 6.45) is 3.35. The van der Waals surface area contributed by atoms with E-state index in [2.05, 4.69) is 20.2 Å². The molecule has 0 aliphatic heterocycles. The molecular weight excluding hydrogens is 316 g/mol. The third-order valence-electron chi connectivity index (χ3n) is 3.90. The molecule has 0 aromatic carbocycles. The Hall–Kier alpha value is -3.48. The first-order chi connectivity index (χ1) is 12.1. The molecule has 0 amide bonds. The van der Waals surface area contributed by atoms with Gasteiger partial charge in [-0.2, -0.15) is 5.10 Å². The van der Waals surface area contributed by atoms with Gasteiger partial charge in [-0.3, -0.25) is 9.89 Å². The summed E-state index contributed by atoms with van der Waals surface area (Å²) in [5.41, 5.74) is 2.63. The van der Waals surface area contributed by atoms with Crippen LogP contribution in [0.4, 0.5) is 0 Å². The molecule has 7 heteroatoms. The van der Waals surface area contributed by atoms with Crippen LogP contribution in [0.2, 0.25) is 0 Å². The van der Waals surface area contributed by atoms with Crippen molar-refractivity contribution in [1.82, 2.24) is 29.5 Å². The van der Waals surface area contributed by atoms with Crippen LogP contribution in [0.3, 0.4) is 0 Å². The lowest BCUT2D eigenvalue weighted by Gasteiger charge is -2.04. The highest BCUT2D eigenvalue weighted by Crippen LogP contribution is 2.23. The number of nitrogens with zero attached hydrogens (tertiary/aromatic N) is 5. The Morgan fingerprint density at radius 2 is 1.64 bits per heavy atom. The molecule has 4 rings (SSSR count). The van der Waals surface area contributed by atoms with Crippen molar-refractivity contribution < 1.29 is 0 Å². The first-order valence-electron chi connectivity index (χ1n) is 7.86. The van der Waals surface area contributed by atoms with E-state index in [1.807, 2.05) is 50.2 Å². The Morgan fingerprint density at radius 1 is 0.960 bits per heavy atom. The van der Waals surface area contributed by atoms with Crippen LogP contribution in [0.15, 0.2) is 59.7 Å². The third kappa shape index (κ3) is 2.55. The van der Waals surface area contributed by atoms with Crippen molar-refractivity contribution in [3.8, 4) is 22.9 Å². The first-order valence-corrected chi connectivity index (χ1v) is 7.86. The van der Waals surface area contributed by atoms with Crippen molar-refractivity contribution in [2.75, 3.05) is 0 Å². The summed E-state index contributed by atoms with van der Waals surface area (Å²) in [5, 5.41) is 7.59. The van der Waals surface area contributed by atoms with Gasteiger partial charge in [0.05, 0.1) is 17.0 Å². The summed E-state index contributed by atoms with van der Waals surface area (Å²) < 4.78 is 3.13. The molecule has 7 nitrogen and oxygen atoms in total. The molecule has 0 atom stereocenters. The van der Waals surface area contributed by atoms with Crippen molar-refractivity contribution in [2.45, 2.75) is 13.8 Å². The fourth-order valence-electron chi connectivity index (χ4n) is 2.83. The van der Waals surface area contributed by atoms with Crippen LogP contribution in [-0.4, -0.2) is 29.5 Å². The summed E-state index contributed by atoms with van der Waals surface area (Å²) in [7, 11) is 0. The molecule has 0 radical (unpaired) electrons. The van der Waals surface area contributed by atoms with Crippen LogP contribution >= 0.6 is 0 Å². The van der Waals surface area contributed by atoms with E-state index in [4.69, 9.17) is 0 Å². The van der Waals surface area contributed by atoms with E-state index in [-0.39, 0.29) is 5.56 Å². The highest BCUT2D eigenvalue weighted by molar-refractivity contribution is 5.64. The van der Waals surface area contributed by atoms with E-state index in [0.717, 1.165) is 11.4 Å². The minimum absolute atomic E-state index is 0.173. The van der Waals surface area contributed by atoms with Gasteiger partial charge in [0.1, 0.15) is 0 Å². The second-order valence-corrected chi connectivity index (χ2v) is 5.71. The first kappa shape index (κ1) is 15.1. The smallest absolute Gasteiger partial charge is 0.282 e. The lowest BCUT2D eigenvalue weighted by Crippen LogP contribution is -2.17. The largest absolute Gasteiger partial charge is 0.293 e. The predicted octanol–water partition coefficient (Wildman–Crippen LogP) is 2.43. The Balaban J connectivity index is 1.93. The predicted molar refractivity (Wildman–Crippen MR) is 94.0 cm³/mol. The number of nitrogens with one attached hydrogen (secondary N) is 1. The molecule has 0 saturated heterocycles. The van der Waals surface area contributed by atoms with Gasteiger partial charge in [-0.1, -0.05) is 12.1 Å². The van der Waals surface area contributed by atoms with Gasteiger partial charge in [-0.15, -0.1) is 0 Å². The quantitative estimate of drug-likeness (QED) is 0.625. The fraction of sp³-hybridized carbons (Fsp3) is 0.111. The zero-order valence-corrected chi connectivity index (χ0v) is 13.8. The summed E-state index contributed by atoms with van der Waals surface area (Å²) in [5.74, 6) is 1.21. The average Bonchev–Trinajstić information content (AvgIpc) is 3.15. The van der Waals surface area contributed by atoms with Crippen LogP contribution in [0.25, 0.3) is 22.9 Å². The number of aromatic nitrogens is 6. The summed E-state index contributed by atoms with van der Waals surface area (Å²) in [6, 6.07) is 12.9. The van der Waals surface area contributed by atoms with Crippen molar-refractivity contribution in [3.05, 3.63) is 76.6 Å². The molecule has 4 aromatic heterocycles. The van der Waals surface area contributed by atoms with Crippen molar-refractivity contribution in [1.29, 1.82) is 0 Å². The van der Waals surface area contributed by atoms with E-state index < -0.39 is 0 Å². The molecule has 4 heterocycles. The molecule has 25 heavy (non-hydrogen) atoms. The molecule has 0 aliphatic carbocycles. The molecular formula is C18H16N6O. The minimum atomic E-state index is -0.173. The molecule has 0 unspecified atom stereocenters. The summed E-state index contributed by atoms with van der Waals surface area (Å²) >= 11 is 0. The van der Waals surface area contributed by atoms with Crippen molar-refractivity contribution in [3.63, 3.8) is 0 Å². The Bertz CT molecular complexity index is 1080. The second-order valence-electron chi connectivity index (χ2n) is 5.71. The van der Waals surface area contributed by atoms with Gasteiger partial charge in [-0.05, 0) is 44.2 Å². The van der Waals surface area contributed by atoms with Crippen molar-refractivity contribution >= 4 is 0 Å². The van der Waals surface area contributed by atoms with Crippen LogP contribution in [0.5, 0.6) is 0 Å². The molecule has 1 N–H and O–H groups in total. The van der Waals surface area contributed by atoms with E-state index in [1.54, 1.807) is 23.1 Å². The molecule has 0 saturated carbocycles. The Labute approximate surface area is 143 Å². The zero-order chi connectivity index (χ0) is 17.4. The van der Waals surface area contributed by atoms with Crippen LogP contribution in [0, 0.1) is 13.8 Å². The molecule has 0 spiro atoms. The SMILES string of the molecule is Cc1cc(-c2c(C)[nH]n(-c3ccccn3)c2=O)n(-c2ccccn2)n1. The number of hydrogen-bond donors (Lipinski definition) is 1. The van der Waals surface area contributed by atoms with Gasteiger partial charge >= 0.3 is 0 Å². The number of pyridine rings is 2. The summed E-state index contributed by atoms with van der Waals surface area (Å²) in [4.78, 5) is 21.6. The lowest BCUT2D eigenvalue weighted by molar-refractivity contribution is 0.807. The molecule has 4 aromatic rings. The van der Waals surface area contributed by atoms with E-state index in [0.29, 0.717) is 22.9 Å². The topological polar surface area (TPSA) is 81.4 Å². The van der Waals surface area contributed by atoms with Gasteiger partial charge < -0.3 is 0 Å². The number of H-pyrrole nitrogens is 1. The maximum absolute atomic E-state index is 13.0. The molecule has 0 aliphatic rings. The highest BCUT2D eigenvalue weighted by Gasteiger charge is 2.20. The van der Waals surface area contributed by atoms with Gasteiger partial charge in [0.2, 0.25) is 0 Å². The zero-order valence-electron chi connectivity index (χ0n) is 13.8. The second kappa shape index (κ2) is 5.86. The number of aryl methyl sites for hydroxylation is 2. The van der Waals surface area contributed by atoms with Crippen LogP contribution < -0.4 is 5.56 Å². The van der Waals surface area contributed by atoms with Gasteiger partial charge in [0.15, 0.2) is 11.6 Å². The maximum Gasteiger partial charge on any atom is 0.282 e. The monoisotopic (exact) mass is 332 g/mol. The van der Waals surface area contributed by atoms with Gasteiger partial charge in [0.25, 0.3) is 5.56 Å². The van der Waals surface area contributed by atoms with Crippen LogP contribution in [-0.2, 0) is 0 Å². The number of rotatable bonds is 3.